The monoisotopic (exact) mass is 317 g/mol. The Balaban J connectivity index is 1.80. The van der Waals surface area contributed by atoms with E-state index in [1.165, 1.54) is 41.0 Å². The number of aryl methyl sites for hydroxylation is 2. The molecule has 1 aromatic carbocycles. The summed E-state index contributed by atoms with van der Waals surface area (Å²) in [6, 6.07) is 6.45. The molecule has 114 valence electrons. The Labute approximate surface area is 131 Å². The van der Waals surface area contributed by atoms with E-state index in [2.05, 4.69) is 5.32 Å². The summed E-state index contributed by atoms with van der Waals surface area (Å²) in [6.07, 6.45) is 3.26. The van der Waals surface area contributed by atoms with Gasteiger partial charge < -0.3 is 15.2 Å². The third-order valence-corrected chi connectivity index (χ3v) is 4.90. The molecule has 0 spiro atoms. The molecule has 1 heterocycles. The van der Waals surface area contributed by atoms with Crippen LogP contribution in [0, 0.1) is 0 Å². The lowest BCUT2D eigenvalue weighted by atomic mass is 10.2. The molecule has 6 heteroatoms. The number of benzene rings is 1. The summed E-state index contributed by atoms with van der Waals surface area (Å²) in [4.78, 5) is 25.3. The molecule has 5 nitrogen and oxygen atoms in total. The number of thiophene rings is 1. The molecule has 0 unspecified atom stereocenters. The maximum absolute atomic E-state index is 12.3. The van der Waals surface area contributed by atoms with Gasteiger partial charge in [0.1, 0.15) is 11.3 Å². The molecule has 22 heavy (non-hydrogen) atoms. The normalized spacial score (nSPS) is 12.8. The summed E-state index contributed by atoms with van der Waals surface area (Å²) < 4.78 is 5.05. The van der Waals surface area contributed by atoms with E-state index in [1.54, 1.807) is 6.07 Å². The number of fused-ring (bicyclic) bond motifs is 1. The second-order valence-corrected chi connectivity index (χ2v) is 6.22. The fourth-order valence-electron chi connectivity index (χ4n) is 2.58. The molecule has 1 aliphatic rings. The van der Waals surface area contributed by atoms with Crippen LogP contribution in [0.3, 0.4) is 0 Å². The Morgan fingerprint density at radius 1 is 1.27 bits per heavy atom. The number of hydrogen-bond donors (Lipinski definition) is 2. The first-order valence-electron chi connectivity index (χ1n) is 6.92. The second kappa shape index (κ2) is 5.81. The average molecular weight is 317 g/mol. The molecule has 1 aliphatic carbocycles. The van der Waals surface area contributed by atoms with E-state index >= 15 is 0 Å². The van der Waals surface area contributed by atoms with Gasteiger partial charge in [0.2, 0.25) is 0 Å². The van der Waals surface area contributed by atoms with Crippen LogP contribution in [0.25, 0.3) is 0 Å². The van der Waals surface area contributed by atoms with Crippen LogP contribution >= 0.6 is 11.3 Å². The Morgan fingerprint density at radius 3 is 2.77 bits per heavy atom. The highest BCUT2D eigenvalue weighted by Crippen LogP contribution is 2.31. The lowest BCUT2D eigenvalue weighted by molar-refractivity contribution is 0.0693. The number of carboxylic acid groups (broad SMARTS) is 1. The molecule has 0 atom stereocenters. The lowest BCUT2D eigenvalue weighted by Gasteiger charge is -2.08. The molecule has 0 radical (unpaired) electrons. The zero-order valence-electron chi connectivity index (χ0n) is 12.0. The predicted molar refractivity (Wildman–Crippen MR) is 84.3 cm³/mol. The highest BCUT2D eigenvalue weighted by Gasteiger charge is 2.19. The molecule has 0 fully saturated rings. The van der Waals surface area contributed by atoms with E-state index in [9.17, 15) is 9.59 Å². The summed E-state index contributed by atoms with van der Waals surface area (Å²) in [6.45, 7) is 0. The number of carbonyl (C=O) groups excluding carboxylic acids is 1. The molecule has 2 aromatic rings. The van der Waals surface area contributed by atoms with Gasteiger partial charge in [-0.15, -0.1) is 11.3 Å². The Morgan fingerprint density at radius 2 is 2.09 bits per heavy atom. The lowest BCUT2D eigenvalue weighted by Crippen LogP contribution is -2.11. The van der Waals surface area contributed by atoms with Crippen molar-refractivity contribution in [3.63, 3.8) is 0 Å². The summed E-state index contributed by atoms with van der Waals surface area (Å²) in [5.74, 6) is -1.02. The fraction of sp³-hybridized carbons (Fsp3) is 0.250. The van der Waals surface area contributed by atoms with Crippen LogP contribution in [0.4, 0.5) is 5.69 Å². The van der Waals surface area contributed by atoms with E-state index in [4.69, 9.17) is 9.84 Å². The number of amides is 1. The minimum absolute atomic E-state index is 0.0654. The van der Waals surface area contributed by atoms with Gasteiger partial charge in [-0.05, 0) is 43.0 Å². The molecule has 0 bridgehead atoms. The highest BCUT2D eigenvalue weighted by molar-refractivity contribution is 7.14. The van der Waals surface area contributed by atoms with Gasteiger partial charge in [-0.2, -0.15) is 0 Å². The fourth-order valence-corrected chi connectivity index (χ4v) is 3.73. The molecular weight excluding hydrogens is 302 g/mol. The van der Waals surface area contributed by atoms with Crippen LogP contribution in [0.5, 0.6) is 5.75 Å². The largest absolute Gasteiger partial charge is 0.496 e. The molecular formula is C16H15NO4S. The summed E-state index contributed by atoms with van der Waals surface area (Å²) in [5.41, 5.74) is 1.85. The first-order valence-corrected chi connectivity index (χ1v) is 7.74. The van der Waals surface area contributed by atoms with Crippen molar-refractivity contribution in [1.29, 1.82) is 0 Å². The van der Waals surface area contributed by atoms with Crippen molar-refractivity contribution < 1.29 is 19.4 Å². The molecule has 0 saturated carbocycles. The van der Waals surface area contributed by atoms with Gasteiger partial charge in [-0.3, -0.25) is 4.79 Å². The smallest absolute Gasteiger partial charge is 0.339 e. The van der Waals surface area contributed by atoms with Crippen LogP contribution in [-0.2, 0) is 12.8 Å². The predicted octanol–water partition coefficient (Wildman–Crippen LogP) is 3.20. The van der Waals surface area contributed by atoms with E-state index in [0.717, 1.165) is 19.3 Å². The maximum atomic E-state index is 12.3. The van der Waals surface area contributed by atoms with Gasteiger partial charge in [0, 0.05) is 16.6 Å². The number of anilines is 1. The van der Waals surface area contributed by atoms with E-state index in [0.29, 0.717) is 10.6 Å². The van der Waals surface area contributed by atoms with Gasteiger partial charge in [0.25, 0.3) is 5.91 Å². The van der Waals surface area contributed by atoms with Crippen molar-refractivity contribution in [3.05, 3.63) is 45.1 Å². The number of carbonyl (C=O) groups is 2. The minimum atomic E-state index is -1.07. The molecule has 3 rings (SSSR count). The third-order valence-electron chi connectivity index (χ3n) is 3.66. The number of nitrogens with one attached hydrogen (secondary N) is 1. The van der Waals surface area contributed by atoms with Crippen molar-refractivity contribution in [2.45, 2.75) is 19.3 Å². The highest BCUT2D eigenvalue weighted by atomic mass is 32.1. The van der Waals surface area contributed by atoms with Gasteiger partial charge in [-0.25, -0.2) is 4.79 Å². The molecule has 1 amide bonds. The maximum Gasteiger partial charge on any atom is 0.339 e. The van der Waals surface area contributed by atoms with E-state index in [1.807, 2.05) is 6.07 Å². The van der Waals surface area contributed by atoms with Crippen LogP contribution in [-0.4, -0.2) is 24.1 Å². The van der Waals surface area contributed by atoms with Crippen molar-refractivity contribution in [3.8, 4) is 5.75 Å². The van der Waals surface area contributed by atoms with Crippen molar-refractivity contribution in [2.75, 3.05) is 12.4 Å². The Hall–Kier alpha value is -2.34. The van der Waals surface area contributed by atoms with Crippen molar-refractivity contribution in [2.24, 2.45) is 0 Å². The zero-order chi connectivity index (χ0) is 15.7. The molecule has 2 N–H and O–H groups in total. The molecule has 0 aliphatic heterocycles. The topological polar surface area (TPSA) is 75.6 Å². The van der Waals surface area contributed by atoms with Crippen LogP contribution in [0.2, 0.25) is 0 Å². The Bertz CT molecular complexity index is 729. The van der Waals surface area contributed by atoms with Crippen LogP contribution < -0.4 is 10.1 Å². The second-order valence-electron chi connectivity index (χ2n) is 5.09. The summed E-state index contributed by atoms with van der Waals surface area (Å²) in [5, 5.41) is 11.8. The van der Waals surface area contributed by atoms with Gasteiger partial charge in [0.05, 0.1) is 12.0 Å². The minimum Gasteiger partial charge on any atom is -0.496 e. The SMILES string of the molecule is COc1cc(NC(=O)c2cc3c(s2)CCC3)ccc1C(=O)O. The number of aromatic carboxylic acids is 1. The zero-order valence-corrected chi connectivity index (χ0v) is 12.8. The van der Waals surface area contributed by atoms with Gasteiger partial charge in [-0.1, -0.05) is 0 Å². The summed E-state index contributed by atoms with van der Waals surface area (Å²) in [7, 11) is 1.40. The number of ether oxygens (including phenoxy) is 1. The standard InChI is InChI=1S/C16H15NO4S/c1-21-12-8-10(5-6-11(12)16(19)20)17-15(18)14-7-9-3-2-4-13(9)22-14/h5-8H,2-4H2,1H3,(H,17,18)(H,19,20). The average Bonchev–Trinajstić information content (AvgIpc) is 3.08. The first kappa shape index (κ1) is 14.6. The number of rotatable bonds is 4. The first-order chi connectivity index (χ1) is 10.6. The van der Waals surface area contributed by atoms with Gasteiger partial charge >= 0.3 is 5.97 Å². The summed E-state index contributed by atoms with van der Waals surface area (Å²) >= 11 is 1.53. The van der Waals surface area contributed by atoms with Crippen LogP contribution in [0.1, 0.15) is 36.9 Å². The number of hydrogen-bond acceptors (Lipinski definition) is 4. The van der Waals surface area contributed by atoms with Crippen LogP contribution in [0.15, 0.2) is 24.3 Å². The van der Waals surface area contributed by atoms with E-state index in [-0.39, 0.29) is 17.2 Å². The number of carboxylic acids is 1. The molecule has 1 aromatic heterocycles. The molecule has 0 saturated heterocycles. The van der Waals surface area contributed by atoms with Crippen molar-refractivity contribution >= 4 is 28.9 Å². The number of methoxy groups -OCH3 is 1. The third kappa shape index (κ3) is 2.69. The quantitative estimate of drug-likeness (QED) is 0.908. The van der Waals surface area contributed by atoms with Gasteiger partial charge in [0.15, 0.2) is 0 Å². The van der Waals surface area contributed by atoms with Crippen molar-refractivity contribution in [1.82, 2.24) is 0 Å². The Kier molecular flexibility index (Phi) is 3.85. The van der Waals surface area contributed by atoms with E-state index < -0.39 is 5.97 Å².